The Bertz CT molecular complexity index is 336. The summed E-state index contributed by atoms with van der Waals surface area (Å²) in [7, 11) is 1.97. The second kappa shape index (κ2) is 5.00. The van der Waals surface area contributed by atoms with Crippen LogP contribution in [0.25, 0.3) is 0 Å². The molecule has 0 spiro atoms. The molecule has 1 aromatic heterocycles. The predicted molar refractivity (Wildman–Crippen MR) is 66.3 cm³/mol. The van der Waals surface area contributed by atoms with Gasteiger partial charge in [0.15, 0.2) is 0 Å². The van der Waals surface area contributed by atoms with Crippen LogP contribution in [0.15, 0.2) is 6.07 Å². The molecule has 3 heteroatoms. The Morgan fingerprint density at radius 1 is 1.44 bits per heavy atom. The highest BCUT2D eigenvalue weighted by atomic mass is 16.3. The highest BCUT2D eigenvalue weighted by Gasteiger charge is 2.21. The highest BCUT2D eigenvalue weighted by molar-refractivity contribution is 5.08. The number of aliphatic hydroxyl groups excluding tert-OH is 1. The fourth-order valence-electron chi connectivity index (χ4n) is 1.81. The molecule has 0 amide bonds. The maximum atomic E-state index is 9.92. The van der Waals surface area contributed by atoms with Crippen molar-refractivity contribution in [2.45, 2.75) is 53.1 Å². The molecule has 0 radical (unpaired) electrons. The average molecular weight is 224 g/mol. The van der Waals surface area contributed by atoms with E-state index in [2.05, 4.69) is 31.9 Å². The van der Waals surface area contributed by atoms with E-state index in [9.17, 15) is 5.11 Å². The third-order valence-electron chi connectivity index (χ3n) is 3.01. The van der Waals surface area contributed by atoms with E-state index in [0.29, 0.717) is 0 Å². The van der Waals surface area contributed by atoms with Gasteiger partial charge in [-0.1, -0.05) is 20.8 Å². The van der Waals surface area contributed by atoms with Crippen LogP contribution >= 0.6 is 0 Å². The monoisotopic (exact) mass is 224 g/mol. The molecule has 0 aliphatic rings. The van der Waals surface area contributed by atoms with Crippen molar-refractivity contribution in [1.82, 2.24) is 9.78 Å². The fourth-order valence-corrected chi connectivity index (χ4v) is 1.81. The lowest BCUT2D eigenvalue weighted by atomic mass is 9.86. The molecular formula is C13H24N2O. The molecule has 92 valence electrons. The van der Waals surface area contributed by atoms with Crippen LogP contribution in [0.4, 0.5) is 0 Å². The summed E-state index contributed by atoms with van der Waals surface area (Å²) in [5, 5.41) is 14.2. The van der Waals surface area contributed by atoms with Crippen molar-refractivity contribution >= 4 is 0 Å². The van der Waals surface area contributed by atoms with Crippen molar-refractivity contribution in [2.75, 3.05) is 0 Å². The smallest absolute Gasteiger partial charge is 0.0596 e. The Morgan fingerprint density at radius 3 is 2.50 bits per heavy atom. The molecule has 0 aliphatic carbocycles. The number of nitrogens with zero attached hydrogens (tertiary/aromatic N) is 2. The Labute approximate surface area is 98.5 Å². The Morgan fingerprint density at radius 2 is 2.06 bits per heavy atom. The lowest BCUT2D eigenvalue weighted by Gasteiger charge is -2.25. The van der Waals surface area contributed by atoms with Gasteiger partial charge in [0, 0.05) is 12.7 Å². The molecule has 3 nitrogen and oxygen atoms in total. The molecule has 16 heavy (non-hydrogen) atoms. The second-order valence-electron chi connectivity index (χ2n) is 5.67. The van der Waals surface area contributed by atoms with Crippen molar-refractivity contribution in [3.8, 4) is 0 Å². The lowest BCUT2D eigenvalue weighted by molar-refractivity contribution is 0.0539. The Hall–Kier alpha value is -0.830. The van der Waals surface area contributed by atoms with Crippen molar-refractivity contribution in [3.63, 3.8) is 0 Å². The van der Waals surface area contributed by atoms with E-state index in [-0.39, 0.29) is 11.5 Å². The number of hydrogen-bond donors (Lipinski definition) is 1. The lowest BCUT2D eigenvalue weighted by Crippen LogP contribution is -2.25. The van der Waals surface area contributed by atoms with Crippen molar-refractivity contribution in [3.05, 3.63) is 17.5 Å². The summed E-state index contributed by atoms with van der Waals surface area (Å²) in [5.41, 5.74) is 2.30. The van der Waals surface area contributed by atoms with Gasteiger partial charge in [-0.25, -0.2) is 0 Å². The zero-order chi connectivity index (χ0) is 12.3. The van der Waals surface area contributed by atoms with E-state index in [4.69, 9.17) is 0 Å². The fraction of sp³-hybridized carbons (Fsp3) is 0.769. The van der Waals surface area contributed by atoms with Gasteiger partial charge in [-0.2, -0.15) is 5.10 Å². The molecule has 1 atom stereocenters. The van der Waals surface area contributed by atoms with Gasteiger partial charge in [-0.15, -0.1) is 0 Å². The molecule has 1 aromatic rings. The third kappa shape index (κ3) is 3.63. The van der Waals surface area contributed by atoms with E-state index in [1.165, 1.54) is 5.69 Å². The van der Waals surface area contributed by atoms with Gasteiger partial charge < -0.3 is 5.11 Å². The van der Waals surface area contributed by atoms with Crippen molar-refractivity contribution < 1.29 is 5.11 Å². The van der Waals surface area contributed by atoms with Gasteiger partial charge >= 0.3 is 0 Å². The summed E-state index contributed by atoms with van der Waals surface area (Å²) in [5.74, 6) is 0. The van der Waals surface area contributed by atoms with Crippen LogP contribution in [0.2, 0.25) is 0 Å². The maximum absolute atomic E-state index is 9.92. The zero-order valence-electron chi connectivity index (χ0n) is 11.1. The molecule has 0 bridgehead atoms. The average Bonchev–Trinajstić information content (AvgIpc) is 2.43. The largest absolute Gasteiger partial charge is 0.393 e. The van der Waals surface area contributed by atoms with Gasteiger partial charge in [0.25, 0.3) is 0 Å². The van der Waals surface area contributed by atoms with Gasteiger partial charge in [0.2, 0.25) is 0 Å². The van der Waals surface area contributed by atoms with Gasteiger partial charge in [0.1, 0.15) is 0 Å². The van der Waals surface area contributed by atoms with Crippen LogP contribution in [0.5, 0.6) is 0 Å². The third-order valence-corrected chi connectivity index (χ3v) is 3.01. The first-order valence-electron chi connectivity index (χ1n) is 5.98. The van der Waals surface area contributed by atoms with Crippen LogP contribution < -0.4 is 0 Å². The topological polar surface area (TPSA) is 38.0 Å². The minimum Gasteiger partial charge on any atom is -0.393 e. The SMILES string of the molecule is Cc1cc(CCCC(O)C(C)(C)C)n(C)n1. The standard InChI is InChI=1S/C13H24N2O/c1-10-9-11(15(5)14-10)7-6-8-12(16)13(2,3)4/h9,12,16H,6-8H2,1-5H3. The summed E-state index contributed by atoms with van der Waals surface area (Å²) in [6.45, 7) is 8.23. The van der Waals surface area contributed by atoms with E-state index >= 15 is 0 Å². The molecule has 0 aromatic carbocycles. The molecule has 0 fully saturated rings. The van der Waals surface area contributed by atoms with Gasteiger partial charge in [-0.05, 0) is 37.7 Å². The minimum atomic E-state index is -0.221. The highest BCUT2D eigenvalue weighted by Crippen LogP contribution is 2.23. The van der Waals surface area contributed by atoms with Crippen LogP contribution in [-0.4, -0.2) is 21.0 Å². The number of hydrogen-bond acceptors (Lipinski definition) is 2. The first-order valence-corrected chi connectivity index (χ1v) is 5.98. The van der Waals surface area contributed by atoms with E-state index in [0.717, 1.165) is 25.0 Å². The molecule has 1 N–H and O–H groups in total. The zero-order valence-corrected chi connectivity index (χ0v) is 11.1. The number of rotatable bonds is 4. The molecule has 1 heterocycles. The minimum absolute atomic E-state index is 0.0115. The number of aliphatic hydroxyl groups is 1. The first kappa shape index (κ1) is 13.2. The van der Waals surface area contributed by atoms with Crippen molar-refractivity contribution in [2.24, 2.45) is 12.5 Å². The van der Waals surface area contributed by atoms with E-state index in [1.54, 1.807) is 0 Å². The van der Waals surface area contributed by atoms with E-state index < -0.39 is 0 Å². The molecule has 0 saturated heterocycles. The summed E-state index contributed by atoms with van der Waals surface area (Å²) in [6, 6.07) is 2.11. The Kier molecular flexibility index (Phi) is 4.14. The quantitative estimate of drug-likeness (QED) is 0.853. The second-order valence-corrected chi connectivity index (χ2v) is 5.67. The van der Waals surface area contributed by atoms with Crippen molar-refractivity contribution in [1.29, 1.82) is 0 Å². The van der Waals surface area contributed by atoms with Crippen LogP contribution in [-0.2, 0) is 13.5 Å². The molecule has 1 rings (SSSR count). The summed E-state index contributed by atoms with van der Waals surface area (Å²) in [4.78, 5) is 0. The predicted octanol–water partition coefficient (Wildman–Crippen LogP) is 2.46. The molecular weight excluding hydrogens is 200 g/mol. The Balaban J connectivity index is 2.39. The normalized spacial score (nSPS) is 14.1. The first-order chi connectivity index (χ1) is 7.30. The van der Waals surface area contributed by atoms with Crippen LogP contribution in [0.1, 0.15) is 45.0 Å². The molecule has 0 saturated carbocycles. The summed E-state index contributed by atoms with van der Waals surface area (Å²) < 4.78 is 1.93. The van der Waals surface area contributed by atoms with Crippen LogP contribution in [0.3, 0.4) is 0 Å². The molecule has 0 aliphatic heterocycles. The van der Waals surface area contributed by atoms with Crippen LogP contribution in [0, 0.1) is 12.3 Å². The maximum Gasteiger partial charge on any atom is 0.0596 e. The summed E-state index contributed by atoms with van der Waals surface area (Å²) >= 11 is 0. The van der Waals surface area contributed by atoms with E-state index in [1.807, 2.05) is 18.7 Å². The number of aryl methyl sites for hydroxylation is 3. The summed E-state index contributed by atoms with van der Waals surface area (Å²) in [6.07, 6.45) is 2.64. The van der Waals surface area contributed by atoms with Gasteiger partial charge in [-0.3, -0.25) is 4.68 Å². The number of aromatic nitrogens is 2. The molecule has 1 unspecified atom stereocenters. The van der Waals surface area contributed by atoms with Gasteiger partial charge in [0.05, 0.1) is 11.8 Å².